The molecule has 0 aliphatic carbocycles. The number of imidazole rings is 1. The monoisotopic (exact) mass is 285 g/mol. The summed E-state index contributed by atoms with van der Waals surface area (Å²) in [6.07, 6.45) is 6.70. The van der Waals surface area contributed by atoms with E-state index in [-0.39, 0.29) is 0 Å². The molecule has 1 aromatic heterocycles. The molecule has 4 nitrogen and oxygen atoms in total. The van der Waals surface area contributed by atoms with Crippen LogP contribution in [0.2, 0.25) is 0 Å². The molecule has 112 valence electrons. The second-order valence-corrected chi connectivity index (χ2v) is 5.86. The summed E-state index contributed by atoms with van der Waals surface area (Å²) in [5.41, 5.74) is 2.62. The maximum atomic E-state index is 5.94. The van der Waals surface area contributed by atoms with Crippen molar-refractivity contribution in [2.75, 3.05) is 13.2 Å². The first-order valence-electron chi connectivity index (χ1n) is 7.70. The number of aromatic nitrogens is 2. The number of fused-ring (bicyclic) bond motifs is 1. The van der Waals surface area contributed by atoms with Gasteiger partial charge in [0.2, 0.25) is 0 Å². The quantitative estimate of drug-likeness (QED) is 0.917. The Morgan fingerprint density at radius 3 is 3.10 bits per heavy atom. The van der Waals surface area contributed by atoms with E-state index >= 15 is 0 Å². The smallest absolute Gasteiger partial charge is 0.127 e. The Bertz CT molecular complexity index is 578. The van der Waals surface area contributed by atoms with Gasteiger partial charge in [-0.1, -0.05) is 32.0 Å². The summed E-state index contributed by atoms with van der Waals surface area (Å²) in [6, 6.07) is 6.90. The molecule has 0 saturated heterocycles. The van der Waals surface area contributed by atoms with Gasteiger partial charge in [0.25, 0.3) is 0 Å². The minimum absolute atomic E-state index is 0.385. The van der Waals surface area contributed by atoms with Crippen LogP contribution in [0.3, 0.4) is 0 Å². The Hall–Kier alpha value is -1.81. The van der Waals surface area contributed by atoms with Crippen LogP contribution in [0.15, 0.2) is 36.9 Å². The fourth-order valence-corrected chi connectivity index (χ4v) is 2.90. The van der Waals surface area contributed by atoms with E-state index in [2.05, 4.69) is 46.9 Å². The molecule has 1 unspecified atom stereocenters. The summed E-state index contributed by atoms with van der Waals surface area (Å²) >= 11 is 0. The molecule has 0 amide bonds. The molecule has 21 heavy (non-hydrogen) atoms. The van der Waals surface area contributed by atoms with Crippen molar-refractivity contribution in [3.8, 4) is 5.75 Å². The third-order valence-electron chi connectivity index (χ3n) is 4.05. The number of ether oxygens (including phenoxy) is 1. The first-order chi connectivity index (χ1) is 10.3. The highest BCUT2D eigenvalue weighted by Gasteiger charge is 2.23. The van der Waals surface area contributed by atoms with Gasteiger partial charge in [0.1, 0.15) is 5.75 Å². The van der Waals surface area contributed by atoms with Gasteiger partial charge >= 0.3 is 0 Å². The lowest BCUT2D eigenvalue weighted by atomic mass is 9.93. The molecule has 0 spiro atoms. The van der Waals surface area contributed by atoms with Gasteiger partial charge in [0.15, 0.2) is 0 Å². The minimum atomic E-state index is 0.385. The first kappa shape index (κ1) is 14.1. The van der Waals surface area contributed by atoms with E-state index in [4.69, 9.17) is 4.74 Å². The van der Waals surface area contributed by atoms with Gasteiger partial charge in [-0.2, -0.15) is 0 Å². The Kier molecular flexibility index (Phi) is 4.25. The minimum Gasteiger partial charge on any atom is -0.493 e. The second-order valence-electron chi connectivity index (χ2n) is 5.86. The molecule has 1 atom stereocenters. The lowest BCUT2D eigenvalue weighted by Crippen LogP contribution is -2.30. The zero-order valence-electron chi connectivity index (χ0n) is 12.7. The third kappa shape index (κ3) is 3.10. The van der Waals surface area contributed by atoms with E-state index in [0.29, 0.717) is 12.0 Å². The van der Waals surface area contributed by atoms with Crippen molar-refractivity contribution >= 4 is 0 Å². The fraction of sp³-hybridized carbons (Fsp3) is 0.471. The van der Waals surface area contributed by atoms with E-state index in [1.165, 1.54) is 11.1 Å². The first-order valence-corrected chi connectivity index (χ1v) is 7.70. The van der Waals surface area contributed by atoms with E-state index < -0.39 is 0 Å². The maximum Gasteiger partial charge on any atom is 0.127 e. The van der Waals surface area contributed by atoms with Crippen LogP contribution < -0.4 is 10.1 Å². The van der Waals surface area contributed by atoms with E-state index in [9.17, 15) is 0 Å². The molecule has 0 saturated carbocycles. The molecular formula is C17H23N3O. The molecule has 0 fully saturated rings. The number of hydrogen-bond donors (Lipinski definition) is 1. The molecule has 1 aliphatic heterocycles. The normalized spacial score (nSPS) is 17.6. The predicted molar refractivity (Wildman–Crippen MR) is 83.6 cm³/mol. The zero-order valence-corrected chi connectivity index (χ0v) is 12.7. The average molecular weight is 285 g/mol. The molecule has 3 rings (SSSR count). The lowest BCUT2D eigenvalue weighted by Gasteiger charge is -2.29. The van der Waals surface area contributed by atoms with Crippen LogP contribution in [0.25, 0.3) is 0 Å². The predicted octanol–water partition coefficient (Wildman–Crippen LogP) is 3.12. The summed E-state index contributed by atoms with van der Waals surface area (Å²) < 4.78 is 8.04. The molecule has 1 aliphatic rings. The Labute approximate surface area is 126 Å². The van der Waals surface area contributed by atoms with Crippen molar-refractivity contribution in [3.63, 3.8) is 0 Å². The van der Waals surface area contributed by atoms with Crippen molar-refractivity contribution in [1.29, 1.82) is 0 Å². The molecule has 2 heterocycles. The van der Waals surface area contributed by atoms with E-state index in [1.54, 1.807) is 0 Å². The zero-order chi connectivity index (χ0) is 14.7. The largest absolute Gasteiger partial charge is 0.493 e. The number of hydrogen-bond acceptors (Lipinski definition) is 3. The molecule has 0 radical (unpaired) electrons. The standard InChI is InChI=1S/C17H23N3O/c1-13(2)14-4-3-5-15-16(6-11-21-17(14)15)19-8-10-20-9-7-18-12-20/h3-5,7,9,12-13,16,19H,6,8,10-11H2,1-2H3. The van der Waals surface area contributed by atoms with Crippen molar-refractivity contribution < 1.29 is 4.74 Å². The van der Waals surface area contributed by atoms with Crippen LogP contribution in [0.4, 0.5) is 0 Å². The van der Waals surface area contributed by atoms with Gasteiger partial charge in [-0.25, -0.2) is 4.98 Å². The highest BCUT2D eigenvalue weighted by Crippen LogP contribution is 2.37. The van der Waals surface area contributed by atoms with Crippen molar-refractivity contribution in [2.45, 2.75) is 38.8 Å². The molecule has 2 aromatic rings. The topological polar surface area (TPSA) is 39.1 Å². The van der Waals surface area contributed by atoms with Gasteiger partial charge in [-0.15, -0.1) is 0 Å². The summed E-state index contributed by atoms with van der Waals surface area (Å²) in [6.45, 7) is 7.10. The number of benzene rings is 1. The summed E-state index contributed by atoms with van der Waals surface area (Å²) in [5.74, 6) is 1.59. The van der Waals surface area contributed by atoms with Crippen LogP contribution >= 0.6 is 0 Å². The second kappa shape index (κ2) is 6.31. The summed E-state index contributed by atoms with van der Waals surface area (Å²) in [4.78, 5) is 4.07. The van der Waals surface area contributed by atoms with Crippen LogP contribution in [0.1, 0.15) is 43.4 Å². The Morgan fingerprint density at radius 1 is 1.43 bits per heavy atom. The number of nitrogens with one attached hydrogen (secondary N) is 1. The average Bonchev–Trinajstić information content (AvgIpc) is 3.00. The van der Waals surface area contributed by atoms with E-state index in [1.807, 2.05) is 18.7 Å². The van der Waals surface area contributed by atoms with Crippen molar-refractivity contribution in [1.82, 2.24) is 14.9 Å². The van der Waals surface area contributed by atoms with Crippen molar-refractivity contribution in [3.05, 3.63) is 48.0 Å². The highest BCUT2D eigenvalue weighted by molar-refractivity contribution is 5.46. The lowest BCUT2D eigenvalue weighted by molar-refractivity contribution is 0.248. The maximum absolute atomic E-state index is 5.94. The number of rotatable bonds is 5. The highest BCUT2D eigenvalue weighted by atomic mass is 16.5. The fourth-order valence-electron chi connectivity index (χ4n) is 2.90. The molecule has 1 aromatic carbocycles. The van der Waals surface area contributed by atoms with Crippen LogP contribution in [-0.4, -0.2) is 22.7 Å². The van der Waals surface area contributed by atoms with Gasteiger partial charge in [-0.05, 0) is 11.5 Å². The van der Waals surface area contributed by atoms with Gasteiger partial charge in [0, 0.05) is 43.5 Å². The molecule has 0 bridgehead atoms. The van der Waals surface area contributed by atoms with Crippen LogP contribution in [-0.2, 0) is 6.54 Å². The Morgan fingerprint density at radius 2 is 2.33 bits per heavy atom. The number of nitrogens with zero attached hydrogens (tertiary/aromatic N) is 2. The van der Waals surface area contributed by atoms with Crippen LogP contribution in [0, 0.1) is 0 Å². The van der Waals surface area contributed by atoms with Crippen LogP contribution in [0.5, 0.6) is 5.75 Å². The molecule has 1 N–H and O–H groups in total. The number of para-hydroxylation sites is 1. The van der Waals surface area contributed by atoms with Gasteiger partial charge in [-0.3, -0.25) is 0 Å². The molecule has 4 heteroatoms. The van der Waals surface area contributed by atoms with Crippen molar-refractivity contribution in [2.24, 2.45) is 0 Å². The third-order valence-corrected chi connectivity index (χ3v) is 4.05. The summed E-state index contributed by atoms with van der Waals surface area (Å²) in [7, 11) is 0. The Balaban J connectivity index is 1.70. The van der Waals surface area contributed by atoms with Gasteiger partial charge in [0.05, 0.1) is 12.9 Å². The van der Waals surface area contributed by atoms with Gasteiger partial charge < -0.3 is 14.6 Å². The van der Waals surface area contributed by atoms with E-state index in [0.717, 1.165) is 31.9 Å². The SMILES string of the molecule is CC(C)c1cccc2c1OCCC2NCCn1ccnc1. The summed E-state index contributed by atoms with van der Waals surface area (Å²) in [5, 5.41) is 3.65. The molecular weight excluding hydrogens is 262 g/mol.